The average Bonchev–Trinajstić information content (AvgIpc) is 2.32. The van der Waals surface area contributed by atoms with Crippen molar-refractivity contribution in [1.82, 2.24) is 4.90 Å². The van der Waals surface area contributed by atoms with Gasteiger partial charge in [-0.15, -0.1) is 0 Å². The molecule has 1 fully saturated rings. The Bertz CT molecular complexity index is 439. The summed E-state index contributed by atoms with van der Waals surface area (Å²) in [6.07, 6.45) is 0.192. The lowest BCUT2D eigenvalue weighted by atomic mass is 10.1. The van der Waals surface area contributed by atoms with Crippen LogP contribution in [0.4, 0.5) is 5.69 Å². The molecule has 18 heavy (non-hydrogen) atoms. The number of carboxylic acids is 1. The van der Waals surface area contributed by atoms with Crippen LogP contribution in [0.5, 0.6) is 0 Å². The molecule has 1 N–H and O–H groups in total. The van der Waals surface area contributed by atoms with Gasteiger partial charge in [-0.1, -0.05) is 12.1 Å². The first-order valence-electron chi connectivity index (χ1n) is 5.99. The van der Waals surface area contributed by atoms with Crippen LogP contribution in [0.25, 0.3) is 0 Å². The molecule has 1 atom stereocenters. The molecule has 1 aliphatic heterocycles. The maximum Gasteiger partial charge on any atom is 0.305 e. The van der Waals surface area contributed by atoms with E-state index in [2.05, 4.69) is 31.8 Å². The van der Waals surface area contributed by atoms with Crippen LogP contribution in [-0.4, -0.2) is 48.7 Å². The molecule has 1 aromatic rings. The van der Waals surface area contributed by atoms with E-state index in [0.29, 0.717) is 0 Å². The number of hydrogen-bond acceptors (Lipinski definition) is 3. The summed E-state index contributed by atoms with van der Waals surface area (Å²) in [7, 11) is 1.99. The molecular formula is C13H17BrN2O2. The Labute approximate surface area is 115 Å². The predicted octanol–water partition coefficient (Wildman–Crippen LogP) is 2.04. The van der Waals surface area contributed by atoms with Crippen molar-refractivity contribution in [1.29, 1.82) is 0 Å². The zero-order valence-corrected chi connectivity index (χ0v) is 11.9. The second-order valence-electron chi connectivity index (χ2n) is 4.63. The quantitative estimate of drug-likeness (QED) is 0.927. The fraction of sp³-hybridized carbons (Fsp3) is 0.462. The van der Waals surface area contributed by atoms with E-state index in [-0.39, 0.29) is 12.5 Å². The zero-order valence-electron chi connectivity index (χ0n) is 10.3. The number of para-hydroxylation sites is 1. The highest BCUT2D eigenvalue weighted by Crippen LogP contribution is 2.27. The van der Waals surface area contributed by atoms with E-state index < -0.39 is 5.97 Å². The largest absolute Gasteiger partial charge is 0.481 e. The molecule has 1 unspecified atom stereocenters. The van der Waals surface area contributed by atoms with E-state index in [1.807, 2.05) is 25.2 Å². The van der Waals surface area contributed by atoms with Crippen molar-refractivity contribution in [2.45, 2.75) is 12.5 Å². The lowest BCUT2D eigenvalue weighted by Gasteiger charge is -2.40. The molecule has 98 valence electrons. The van der Waals surface area contributed by atoms with Gasteiger partial charge in [0, 0.05) is 30.1 Å². The summed E-state index contributed by atoms with van der Waals surface area (Å²) in [5.41, 5.74) is 1.14. The molecule has 1 saturated heterocycles. The fourth-order valence-electron chi connectivity index (χ4n) is 2.30. The van der Waals surface area contributed by atoms with E-state index in [0.717, 1.165) is 29.8 Å². The lowest BCUT2D eigenvalue weighted by molar-refractivity contribution is -0.138. The number of halogens is 1. The van der Waals surface area contributed by atoms with Gasteiger partial charge in [0.2, 0.25) is 0 Å². The van der Waals surface area contributed by atoms with Gasteiger partial charge in [0.15, 0.2) is 0 Å². The second-order valence-corrected chi connectivity index (χ2v) is 5.48. The molecular weight excluding hydrogens is 296 g/mol. The molecule has 1 heterocycles. The van der Waals surface area contributed by atoms with Crippen LogP contribution in [0.2, 0.25) is 0 Å². The molecule has 0 spiro atoms. The Balaban J connectivity index is 2.12. The van der Waals surface area contributed by atoms with Gasteiger partial charge >= 0.3 is 5.97 Å². The Morgan fingerprint density at radius 3 is 2.83 bits per heavy atom. The number of anilines is 1. The van der Waals surface area contributed by atoms with Crippen LogP contribution in [-0.2, 0) is 4.79 Å². The summed E-state index contributed by atoms with van der Waals surface area (Å²) in [6, 6.07) is 8.14. The molecule has 1 aliphatic rings. The van der Waals surface area contributed by atoms with Gasteiger partial charge in [-0.25, -0.2) is 0 Å². The number of rotatable bonds is 3. The number of piperazine rings is 1. The summed E-state index contributed by atoms with van der Waals surface area (Å²) in [6.45, 7) is 2.57. The van der Waals surface area contributed by atoms with Crippen molar-refractivity contribution < 1.29 is 9.90 Å². The van der Waals surface area contributed by atoms with Crippen LogP contribution in [0, 0.1) is 0 Å². The van der Waals surface area contributed by atoms with Gasteiger partial charge < -0.3 is 10.0 Å². The molecule has 0 bridgehead atoms. The average molecular weight is 313 g/mol. The third-order valence-corrected chi connectivity index (χ3v) is 4.05. The van der Waals surface area contributed by atoms with Crippen molar-refractivity contribution in [2.75, 3.05) is 31.6 Å². The summed E-state index contributed by atoms with van der Waals surface area (Å²) >= 11 is 3.55. The highest BCUT2D eigenvalue weighted by Gasteiger charge is 2.26. The number of carboxylic acid groups (broad SMARTS) is 1. The highest BCUT2D eigenvalue weighted by molar-refractivity contribution is 9.10. The molecule has 5 heteroatoms. The lowest BCUT2D eigenvalue weighted by Crippen LogP contribution is -2.52. The zero-order chi connectivity index (χ0) is 13.1. The third kappa shape index (κ3) is 3.03. The van der Waals surface area contributed by atoms with Gasteiger partial charge in [-0.2, -0.15) is 0 Å². The number of likely N-dealkylation sites (N-methyl/N-ethyl adjacent to an activating group) is 1. The van der Waals surface area contributed by atoms with Crippen molar-refractivity contribution in [3.05, 3.63) is 28.7 Å². The summed E-state index contributed by atoms with van der Waals surface area (Å²) in [4.78, 5) is 15.2. The van der Waals surface area contributed by atoms with E-state index in [1.165, 1.54) is 0 Å². The Hall–Kier alpha value is -1.07. The standard InChI is InChI=1S/C13H17BrN2O2/c1-15-6-7-16(9-10(15)8-13(17)18)12-5-3-2-4-11(12)14/h2-5,10H,6-9H2,1H3,(H,17,18). The predicted molar refractivity (Wildman–Crippen MR) is 75.0 cm³/mol. The van der Waals surface area contributed by atoms with Crippen molar-refractivity contribution in [3.8, 4) is 0 Å². The second kappa shape index (κ2) is 5.71. The Kier molecular flexibility index (Phi) is 4.24. The Morgan fingerprint density at radius 2 is 2.17 bits per heavy atom. The number of carbonyl (C=O) groups is 1. The molecule has 0 radical (unpaired) electrons. The first-order chi connectivity index (χ1) is 8.58. The van der Waals surface area contributed by atoms with Gasteiger partial charge in [-0.3, -0.25) is 9.69 Å². The van der Waals surface area contributed by atoms with Crippen molar-refractivity contribution in [2.24, 2.45) is 0 Å². The molecule has 0 saturated carbocycles. The number of nitrogens with zero attached hydrogens (tertiary/aromatic N) is 2. The first-order valence-corrected chi connectivity index (χ1v) is 6.78. The summed E-state index contributed by atoms with van der Waals surface area (Å²) in [5, 5.41) is 8.94. The summed E-state index contributed by atoms with van der Waals surface area (Å²) in [5.74, 6) is -0.735. The molecule has 1 aromatic carbocycles. The maximum absolute atomic E-state index is 10.9. The van der Waals surface area contributed by atoms with E-state index in [1.54, 1.807) is 0 Å². The van der Waals surface area contributed by atoms with Crippen molar-refractivity contribution >= 4 is 27.6 Å². The van der Waals surface area contributed by atoms with Gasteiger partial charge in [0.05, 0.1) is 12.1 Å². The monoisotopic (exact) mass is 312 g/mol. The van der Waals surface area contributed by atoms with E-state index in [4.69, 9.17) is 5.11 Å². The molecule has 2 rings (SSSR count). The minimum atomic E-state index is -0.735. The van der Waals surface area contributed by atoms with Gasteiger partial charge in [0.1, 0.15) is 0 Å². The van der Waals surface area contributed by atoms with E-state index >= 15 is 0 Å². The minimum absolute atomic E-state index is 0.0726. The SMILES string of the molecule is CN1CCN(c2ccccc2Br)CC1CC(=O)O. The molecule has 4 nitrogen and oxygen atoms in total. The van der Waals surface area contributed by atoms with Gasteiger partial charge in [0.25, 0.3) is 0 Å². The maximum atomic E-state index is 10.9. The van der Waals surface area contributed by atoms with Crippen LogP contribution in [0.3, 0.4) is 0 Å². The number of benzene rings is 1. The van der Waals surface area contributed by atoms with Crippen LogP contribution < -0.4 is 4.90 Å². The van der Waals surface area contributed by atoms with Crippen LogP contribution >= 0.6 is 15.9 Å². The topological polar surface area (TPSA) is 43.8 Å². The normalized spacial score (nSPS) is 21.0. The molecule has 0 amide bonds. The van der Waals surface area contributed by atoms with Gasteiger partial charge in [-0.05, 0) is 35.1 Å². The molecule has 0 aliphatic carbocycles. The fourth-order valence-corrected chi connectivity index (χ4v) is 2.83. The van der Waals surface area contributed by atoms with Crippen LogP contribution in [0.15, 0.2) is 28.7 Å². The highest BCUT2D eigenvalue weighted by atomic mass is 79.9. The van der Waals surface area contributed by atoms with Crippen molar-refractivity contribution in [3.63, 3.8) is 0 Å². The smallest absolute Gasteiger partial charge is 0.305 e. The molecule has 0 aromatic heterocycles. The van der Waals surface area contributed by atoms with E-state index in [9.17, 15) is 4.79 Å². The van der Waals surface area contributed by atoms with Crippen LogP contribution in [0.1, 0.15) is 6.42 Å². The number of aliphatic carboxylic acids is 1. The minimum Gasteiger partial charge on any atom is -0.481 e. The number of hydrogen-bond donors (Lipinski definition) is 1. The first kappa shape index (κ1) is 13.4. The Morgan fingerprint density at radius 1 is 1.44 bits per heavy atom. The summed E-state index contributed by atoms with van der Waals surface area (Å²) < 4.78 is 1.06. The third-order valence-electron chi connectivity index (χ3n) is 3.38.